The zero-order valence-electron chi connectivity index (χ0n) is 18.1. The largest absolute Gasteiger partial charge is 0.497 e. The molecule has 0 radical (unpaired) electrons. The van der Waals surface area contributed by atoms with E-state index in [0.29, 0.717) is 29.4 Å². The van der Waals surface area contributed by atoms with E-state index in [0.717, 1.165) is 11.1 Å². The Morgan fingerprint density at radius 3 is 2.09 bits per heavy atom. The number of para-hydroxylation sites is 1. The average molecular weight is 453 g/mol. The Morgan fingerprint density at radius 2 is 1.47 bits per heavy atom. The summed E-state index contributed by atoms with van der Waals surface area (Å²) in [5.74, 6) is 1.80. The van der Waals surface area contributed by atoms with Crippen LogP contribution in [0, 0.1) is 0 Å². The van der Waals surface area contributed by atoms with Gasteiger partial charge < -0.3 is 14.2 Å². The van der Waals surface area contributed by atoms with Crippen LogP contribution in [0.3, 0.4) is 0 Å². The number of hydrazone groups is 1. The molecule has 0 bridgehead atoms. The van der Waals surface area contributed by atoms with Crippen molar-refractivity contribution in [2.24, 2.45) is 5.10 Å². The fourth-order valence-corrected chi connectivity index (χ4v) is 5.18. The second-order valence-corrected chi connectivity index (χ2v) is 9.00. The molecule has 0 aromatic heterocycles. The van der Waals surface area contributed by atoms with Crippen molar-refractivity contribution in [3.05, 3.63) is 83.9 Å². The van der Waals surface area contributed by atoms with E-state index in [1.165, 1.54) is 4.41 Å². The third kappa shape index (κ3) is 4.01. The molecule has 1 unspecified atom stereocenters. The Morgan fingerprint density at radius 1 is 0.844 bits per heavy atom. The van der Waals surface area contributed by atoms with E-state index in [-0.39, 0.29) is 4.90 Å². The highest BCUT2D eigenvalue weighted by Gasteiger charge is 2.39. The minimum absolute atomic E-state index is 0.174. The van der Waals surface area contributed by atoms with Gasteiger partial charge in [0.25, 0.3) is 10.0 Å². The van der Waals surface area contributed by atoms with Crippen LogP contribution in [0.5, 0.6) is 17.2 Å². The molecule has 0 saturated heterocycles. The molecule has 0 saturated carbocycles. The van der Waals surface area contributed by atoms with Gasteiger partial charge in [-0.15, -0.1) is 0 Å². The van der Waals surface area contributed by atoms with Gasteiger partial charge in [0.15, 0.2) is 0 Å². The van der Waals surface area contributed by atoms with Crippen molar-refractivity contribution >= 4 is 15.7 Å². The molecule has 4 rings (SSSR count). The predicted octanol–water partition coefficient (Wildman–Crippen LogP) is 4.25. The van der Waals surface area contributed by atoms with Crippen LogP contribution in [0.1, 0.15) is 23.6 Å². The van der Waals surface area contributed by atoms with Gasteiger partial charge in [-0.1, -0.05) is 36.4 Å². The van der Waals surface area contributed by atoms with E-state index in [9.17, 15) is 8.42 Å². The molecule has 8 heteroatoms. The Hall–Kier alpha value is -3.52. The maximum atomic E-state index is 13.6. The second-order valence-electron chi connectivity index (χ2n) is 7.20. The number of sulfonamides is 1. The molecule has 3 aromatic rings. The van der Waals surface area contributed by atoms with Crippen molar-refractivity contribution in [1.82, 2.24) is 4.41 Å². The monoisotopic (exact) mass is 452 g/mol. The summed E-state index contributed by atoms with van der Waals surface area (Å²) in [6, 6.07) is 20.5. The predicted molar refractivity (Wildman–Crippen MR) is 122 cm³/mol. The number of methoxy groups -OCH3 is 3. The molecular formula is C24H24N2O5S. The van der Waals surface area contributed by atoms with Crippen LogP contribution in [0.4, 0.5) is 0 Å². The standard InChI is InChI=1S/C24H24N2O5S/c1-29-18-13-17(14-19(15-18)30-2)22-16-23(21-11-7-8-12-24(21)31-3)26(25-22)32(27,28)20-9-5-4-6-10-20/h4-15,23H,16H2,1-3H3. The number of hydrogen-bond acceptors (Lipinski definition) is 6. The molecule has 166 valence electrons. The van der Waals surface area contributed by atoms with E-state index in [4.69, 9.17) is 14.2 Å². The lowest BCUT2D eigenvalue weighted by molar-refractivity contribution is 0.350. The fraction of sp³-hybridized carbons (Fsp3) is 0.208. The molecule has 1 aliphatic rings. The van der Waals surface area contributed by atoms with E-state index in [1.54, 1.807) is 57.7 Å². The number of ether oxygens (including phenoxy) is 3. The van der Waals surface area contributed by atoms with Gasteiger partial charge in [-0.25, -0.2) is 0 Å². The van der Waals surface area contributed by atoms with Crippen LogP contribution in [0.2, 0.25) is 0 Å². The van der Waals surface area contributed by atoms with Crippen molar-refractivity contribution in [2.45, 2.75) is 17.4 Å². The lowest BCUT2D eigenvalue weighted by Crippen LogP contribution is -2.27. The quantitative estimate of drug-likeness (QED) is 0.536. The Balaban J connectivity index is 1.85. The van der Waals surface area contributed by atoms with E-state index in [1.807, 2.05) is 36.4 Å². The molecule has 1 aliphatic heterocycles. The maximum Gasteiger partial charge on any atom is 0.279 e. The summed E-state index contributed by atoms with van der Waals surface area (Å²) in [7, 11) is 0.799. The number of benzene rings is 3. The molecule has 0 N–H and O–H groups in total. The van der Waals surface area contributed by atoms with Crippen molar-refractivity contribution < 1.29 is 22.6 Å². The van der Waals surface area contributed by atoms with Crippen LogP contribution < -0.4 is 14.2 Å². The zero-order valence-corrected chi connectivity index (χ0v) is 18.9. The van der Waals surface area contributed by atoms with Crippen molar-refractivity contribution in [3.63, 3.8) is 0 Å². The van der Waals surface area contributed by atoms with Gasteiger partial charge in [0.05, 0.1) is 38.0 Å². The SMILES string of the molecule is COc1cc(OC)cc(C2=NN(S(=O)(=O)c3ccccc3)C(c3ccccc3OC)C2)c1. The molecule has 32 heavy (non-hydrogen) atoms. The van der Waals surface area contributed by atoms with Crippen molar-refractivity contribution in [2.75, 3.05) is 21.3 Å². The minimum atomic E-state index is -3.91. The minimum Gasteiger partial charge on any atom is -0.497 e. The van der Waals surface area contributed by atoms with Gasteiger partial charge >= 0.3 is 0 Å². The van der Waals surface area contributed by atoms with Crippen LogP contribution in [-0.4, -0.2) is 39.9 Å². The first-order chi connectivity index (χ1) is 15.5. The van der Waals surface area contributed by atoms with Crippen LogP contribution in [0.15, 0.2) is 82.8 Å². The highest BCUT2D eigenvalue weighted by Crippen LogP contribution is 2.41. The molecule has 0 amide bonds. The van der Waals surface area contributed by atoms with Gasteiger partial charge in [0.1, 0.15) is 17.2 Å². The number of hydrogen-bond donors (Lipinski definition) is 0. The molecule has 0 fully saturated rings. The molecule has 3 aromatic carbocycles. The smallest absolute Gasteiger partial charge is 0.279 e. The topological polar surface area (TPSA) is 77.4 Å². The van der Waals surface area contributed by atoms with E-state index >= 15 is 0 Å². The molecule has 1 atom stereocenters. The first kappa shape index (κ1) is 21.7. The molecule has 7 nitrogen and oxygen atoms in total. The first-order valence-electron chi connectivity index (χ1n) is 10.0. The van der Waals surface area contributed by atoms with E-state index < -0.39 is 16.1 Å². The van der Waals surface area contributed by atoms with Gasteiger partial charge in [-0.3, -0.25) is 0 Å². The summed E-state index contributed by atoms with van der Waals surface area (Å²) in [6.07, 6.45) is 0.364. The van der Waals surface area contributed by atoms with E-state index in [2.05, 4.69) is 5.10 Å². The summed E-state index contributed by atoms with van der Waals surface area (Å²) < 4.78 is 44.6. The first-order valence-corrected chi connectivity index (χ1v) is 11.4. The third-order valence-electron chi connectivity index (χ3n) is 5.34. The fourth-order valence-electron chi connectivity index (χ4n) is 3.73. The lowest BCUT2D eigenvalue weighted by atomic mass is 9.98. The average Bonchev–Trinajstić information content (AvgIpc) is 3.30. The van der Waals surface area contributed by atoms with Gasteiger partial charge in [-0.05, 0) is 30.3 Å². The normalized spacial score (nSPS) is 15.9. The highest BCUT2D eigenvalue weighted by atomic mass is 32.2. The zero-order chi connectivity index (χ0) is 22.7. The summed E-state index contributed by atoms with van der Waals surface area (Å²) in [5.41, 5.74) is 2.08. The maximum absolute atomic E-state index is 13.6. The van der Waals surface area contributed by atoms with Crippen molar-refractivity contribution in [1.29, 1.82) is 0 Å². The summed E-state index contributed by atoms with van der Waals surface area (Å²) in [6.45, 7) is 0. The van der Waals surface area contributed by atoms with Crippen LogP contribution in [0.25, 0.3) is 0 Å². The third-order valence-corrected chi connectivity index (χ3v) is 7.04. The van der Waals surface area contributed by atoms with Crippen LogP contribution >= 0.6 is 0 Å². The van der Waals surface area contributed by atoms with Gasteiger partial charge in [0.2, 0.25) is 0 Å². The molecule has 0 spiro atoms. The summed E-state index contributed by atoms with van der Waals surface area (Å²) in [5, 5.41) is 4.59. The second kappa shape index (κ2) is 8.92. The van der Waals surface area contributed by atoms with Gasteiger partial charge in [0, 0.05) is 23.6 Å². The number of rotatable bonds is 7. The van der Waals surface area contributed by atoms with Crippen LogP contribution in [-0.2, 0) is 10.0 Å². The summed E-state index contributed by atoms with van der Waals surface area (Å²) >= 11 is 0. The Bertz CT molecular complexity index is 1220. The number of nitrogens with zero attached hydrogens (tertiary/aromatic N) is 2. The summed E-state index contributed by atoms with van der Waals surface area (Å²) in [4.78, 5) is 0.174. The Kier molecular flexibility index (Phi) is 6.05. The molecule has 1 heterocycles. The van der Waals surface area contributed by atoms with Gasteiger partial charge in [-0.2, -0.15) is 17.9 Å². The Labute approximate surface area is 187 Å². The highest BCUT2D eigenvalue weighted by molar-refractivity contribution is 7.89. The molecular weight excluding hydrogens is 428 g/mol. The lowest BCUT2D eigenvalue weighted by Gasteiger charge is -2.24. The molecule has 0 aliphatic carbocycles. The van der Waals surface area contributed by atoms with Crippen molar-refractivity contribution in [3.8, 4) is 17.2 Å².